The molecule has 0 aliphatic carbocycles. The minimum absolute atomic E-state index is 0.235. The number of aliphatic hydroxyl groups excluding tert-OH is 1. The first-order valence-electron chi connectivity index (χ1n) is 6.25. The molecule has 0 radical (unpaired) electrons. The largest absolute Gasteiger partial charge is 0.497 e. The van der Waals surface area contributed by atoms with Crippen LogP contribution in [0, 0.1) is 0 Å². The smallest absolute Gasteiger partial charge is 0.149 e. The second kappa shape index (κ2) is 7.10. The van der Waals surface area contributed by atoms with Gasteiger partial charge in [-0.05, 0) is 18.2 Å². The Hall–Kier alpha value is -2.05. The maximum atomic E-state index is 10.3. The topological polar surface area (TPSA) is 76.5 Å². The first-order chi connectivity index (χ1) is 10.1. The Morgan fingerprint density at radius 3 is 2.76 bits per heavy atom. The van der Waals surface area contributed by atoms with Crippen LogP contribution in [-0.4, -0.2) is 35.8 Å². The number of anilines is 1. The summed E-state index contributed by atoms with van der Waals surface area (Å²) >= 11 is 5.75. The van der Waals surface area contributed by atoms with Crippen LogP contribution >= 0.6 is 11.6 Å². The standard InChI is InChI=1S/C14H16ClN3O3/c1-20-9-3-4-12(21-2)10(5-9)11(19)6-17-14-8-16-7-13(15)18-14/h3-5,7-8,11,19H,6H2,1-2H3,(H,17,18)/t11-/m0/s1. The number of halogens is 1. The number of hydrogen-bond donors (Lipinski definition) is 2. The van der Waals surface area contributed by atoms with Crippen molar-refractivity contribution >= 4 is 17.4 Å². The number of nitrogens with zero attached hydrogens (tertiary/aromatic N) is 2. The van der Waals surface area contributed by atoms with E-state index in [1.165, 1.54) is 12.4 Å². The van der Waals surface area contributed by atoms with Gasteiger partial charge in [-0.2, -0.15) is 0 Å². The average molecular weight is 310 g/mol. The Morgan fingerprint density at radius 1 is 1.29 bits per heavy atom. The van der Waals surface area contributed by atoms with Crippen LogP contribution in [0.1, 0.15) is 11.7 Å². The highest BCUT2D eigenvalue weighted by molar-refractivity contribution is 6.29. The first kappa shape index (κ1) is 15.3. The number of rotatable bonds is 6. The minimum Gasteiger partial charge on any atom is -0.497 e. The minimum atomic E-state index is -0.796. The molecule has 112 valence electrons. The Morgan fingerprint density at radius 2 is 2.10 bits per heavy atom. The summed E-state index contributed by atoms with van der Waals surface area (Å²) in [5.41, 5.74) is 0.624. The molecule has 0 spiro atoms. The van der Waals surface area contributed by atoms with E-state index >= 15 is 0 Å². The molecule has 2 aromatic rings. The second-order valence-corrected chi connectivity index (χ2v) is 4.62. The second-order valence-electron chi connectivity index (χ2n) is 4.23. The molecule has 0 saturated heterocycles. The third-order valence-corrected chi connectivity index (χ3v) is 3.06. The molecule has 2 N–H and O–H groups in total. The number of nitrogens with one attached hydrogen (secondary N) is 1. The molecule has 0 aliphatic heterocycles. The first-order valence-corrected chi connectivity index (χ1v) is 6.63. The Bertz CT molecular complexity index is 610. The molecular weight excluding hydrogens is 294 g/mol. The Labute approximate surface area is 127 Å². The van der Waals surface area contributed by atoms with Gasteiger partial charge in [0.05, 0.1) is 32.7 Å². The Kier molecular flexibility index (Phi) is 5.19. The van der Waals surface area contributed by atoms with Gasteiger partial charge in [0.1, 0.15) is 22.5 Å². The van der Waals surface area contributed by atoms with Gasteiger partial charge in [-0.3, -0.25) is 4.98 Å². The van der Waals surface area contributed by atoms with Crippen molar-refractivity contribution in [2.24, 2.45) is 0 Å². The highest BCUT2D eigenvalue weighted by Gasteiger charge is 2.14. The fourth-order valence-electron chi connectivity index (χ4n) is 1.84. The van der Waals surface area contributed by atoms with E-state index in [-0.39, 0.29) is 11.7 Å². The molecule has 7 heteroatoms. The number of hydrogen-bond acceptors (Lipinski definition) is 6. The maximum absolute atomic E-state index is 10.3. The third kappa shape index (κ3) is 3.96. The zero-order valence-electron chi connectivity index (χ0n) is 11.7. The third-order valence-electron chi connectivity index (χ3n) is 2.88. The molecule has 0 amide bonds. The predicted molar refractivity (Wildman–Crippen MR) is 80.0 cm³/mol. The molecule has 0 aliphatic rings. The zero-order chi connectivity index (χ0) is 15.2. The molecular formula is C14H16ClN3O3. The molecule has 0 saturated carbocycles. The SMILES string of the molecule is COc1ccc(OC)c([C@@H](O)CNc2cncc(Cl)n2)c1. The van der Waals surface area contributed by atoms with Gasteiger partial charge in [-0.15, -0.1) is 0 Å². The molecule has 1 aromatic carbocycles. The lowest BCUT2D eigenvalue weighted by molar-refractivity contribution is 0.186. The van der Waals surface area contributed by atoms with E-state index in [1.807, 2.05) is 0 Å². The van der Waals surface area contributed by atoms with Crippen LogP contribution in [0.15, 0.2) is 30.6 Å². The van der Waals surface area contributed by atoms with Gasteiger partial charge in [0.15, 0.2) is 0 Å². The van der Waals surface area contributed by atoms with Crippen molar-refractivity contribution in [3.63, 3.8) is 0 Å². The van der Waals surface area contributed by atoms with Crippen molar-refractivity contribution in [2.75, 3.05) is 26.1 Å². The van der Waals surface area contributed by atoms with Crippen molar-refractivity contribution in [1.29, 1.82) is 0 Å². The molecule has 2 rings (SSSR count). The highest BCUT2D eigenvalue weighted by Crippen LogP contribution is 2.29. The van der Waals surface area contributed by atoms with Crippen LogP contribution in [0.2, 0.25) is 5.15 Å². The maximum Gasteiger partial charge on any atom is 0.149 e. The van der Waals surface area contributed by atoms with E-state index in [0.717, 1.165) is 0 Å². The summed E-state index contributed by atoms with van der Waals surface area (Å²) in [7, 11) is 3.12. The number of aliphatic hydroxyl groups is 1. The van der Waals surface area contributed by atoms with Crippen LogP contribution in [-0.2, 0) is 0 Å². The number of aromatic nitrogens is 2. The van der Waals surface area contributed by atoms with Gasteiger partial charge >= 0.3 is 0 Å². The van der Waals surface area contributed by atoms with Crippen molar-refractivity contribution in [3.8, 4) is 11.5 Å². The molecule has 1 atom stereocenters. The summed E-state index contributed by atoms with van der Waals surface area (Å²) in [5, 5.41) is 13.6. The zero-order valence-corrected chi connectivity index (χ0v) is 12.5. The van der Waals surface area contributed by atoms with Crippen LogP contribution in [0.4, 0.5) is 5.82 Å². The van der Waals surface area contributed by atoms with E-state index in [2.05, 4.69) is 15.3 Å². The van der Waals surface area contributed by atoms with E-state index in [4.69, 9.17) is 21.1 Å². The normalized spacial score (nSPS) is 11.8. The predicted octanol–water partition coefficient (Wildman–Crippen LogP) is 2.29. The van der Waals surface area contributed by atoms with Gasteiger partial charge in [0.25, 0.3) is 0 Å². The summed E-state index contributed by atoms with van der Waals surface area (Å²) < 4.78 is 10.4. The van der Waals surface area contributed by atoms with E-state index < -0.39 is 6.10 Å². The van der Waals surface area contributed by atoms with Crippen molar-refractivity contribution in [2.45, 2.75) is 6.10 Å². The fourth-order valence-corrected chi connectivity index (χ4v) is 1.99. The van der Waals surface area contributed by atoms with Crippen LogP contribution in [0.3, 0.4) is 0 Å². The molecule has 1 heterocycles. The van der Waals surface area contributed by atoms with Gasteiger partial charge in [0.2, 0.25) is 0 Å². The van der Waals surface area contributed by atoms with E-state index in [1.54, 1.807) is 32.4 Å². The average Bonchev–Trinajstić information content (AvgIpc) is 2.52. The monoisotopic (exact) mass is 309 g/mol. The molecule has 6 nitrogen and oxygen atoms in total. The number of benzene rings is 1. The van der Waals surface area contributed by atoms with Gasteiger partial charge in [-0.25, -0.2) is 4.98 Å². The molecule has 0 bridgehead atoms. The quantitative estimate of drug-likeness (QED) is 0.852. The lowest BCUT2D eigenvalue weighted by Gasteiger charge is -2.16. The van der Waals surface area contributed by atoms with Crippen molar-refractivity contribution in [1.82, 2.24) is 9.97 Å². The van der Waals surface area contributed by atoms with Crippen LogP contribution in [0.25, 0.3) is 0 Å². The molecule has 0 unspecified atom stereocenters. The van der Waals surface area contributed by atoms with Crippen LogP contribution in [0.5, 0.6) is 11.5 Å². The fraction of sp³-hybridized carbons (Fsp3) is 0.286. The summed E-state index contributed by atoms with van der Waals surface area (Å²) in [5.74, 6) is 1.72. The molecule has 0 fully saturated rings. The van der Waals surface area contributed by atoms with Crippen LogP contribution < -0.4 is 14.8 Å². The Balaban J connectivity index is 2.10. The summed E-state index contributed by atoms with van der Waals surface area (Å²) in [6.07, 6.45) is 2.17. The summed E-state index contributed by atoms with van der Waals surface area (Å²) in [4.78, 5) is 7.95. The van der Waals surface area contributed by atoms with Gasteiger partial charge < -0.3 is 19.9 Å². The number of methoxy groups -OCH3 is 2. The van der Waals surface area contributed by atoms with E-state index in [9.17, 15) is 5.11 Å². The summed E-state index contributed by atoms with van der Waals surface area (Å²) in [6, 6.07) is 5.25. The highest BCUT2D eigenvalue weighted by atomic mass is 35.5. The summed E-state index contributed by atoms with van der Waals surface area (Å²) in [6.45, 7) is 0.235. The van der Waals surface area contributed by atoms with Gasteiger partial charge in [0, 0.05) is 12.1 Å². The molecule has 1 aromatic heterocycles. The lowest BCUT2D eigenvalue weighted by Crippen LogP contribution is -2.14. The van der Waals surface area contributed by atoms with Gasteiger partial charge in [-0.1, -0.05) is 11.6 Å². The van der Waals surface area contributed by atoms with Crippen molar-refractivity contribution < 1.29 is 14.6 Å². The van der Waals surface area contributed by atoms with E-state index in [0.29, 0.717) is 22.9 Å². The molecule has 21 heavy (non-hydrogen) atoms. The lowest BCUT2D eigenvalue weighted by atomic mass is 10.1. The van der Waals surface area contributed by atoms with Crippen molar-refractivity contribution in [3.05, 3.63) is 41.3 Å². The number of ether oxygens (including phenoxy) is 2.